The molecule has 0 atom stereocenters. The van der Waals surface area contributed by atoms with E-state index in [1.807, 2.05) is 0 Å². The molecule has 2 amide bonds. The summed E-state index contributed by atoms with van der Waals surface area (Å²) in [6.07, 6.45) is 0.394. The molecule has 2 heterocycles. The van der Waals surface area contributed by atoms with E-state index in [0.717, 1.165) is 4.90 Å². The molecular formula is C10H10BrNO6. The first-order chi connectivity index (χ1) is 8.49. The van der Waals surface area contributed by atoms with Gasteiger partial charge in [0.1, 0.15) is 5.92 Å². The molecule has 1 saturated heterocycles. The van der Waals surface area contributed by atoms with Crippen LogP contribution < -0.4 is 0 Å². The van der Waals surface area contributed by atoms with Crippen LogP contribution in [0.4, 0.5) is 0 Å². The maximum Gasteiger partial charge on any atom is 0.311 e. The highest BCUT2D eigenvalue weighted by Crippen LogP contribution is 2.20. The van der Waals surface area contributed by atoms with Crippen LogP contribution in [-0.2, 0) is 23.9 Å². The van der Waals surface area contributed by atoms with Crippen LogP contribution in [0.3, 0.4) is 0 Å². The van der Waals surface area contributed by atoms with Gasteiger partial charge in [0.15, 0.2) is 6.29 Å². The lowest BCUT2D eigenvalue weighted by Crippen LogP contribution is -2.44. The first-order valence-corrected chi connectivity index (χ1v) is 5.97. The molecule has 2 aliphatic rings. The van der Waals surface area contributed by atoms with E-state index in [1.165, 1.54) is 6.08 Å². The van der Waals surface area contributed by atoms with Crippen molar-refractivity contribution in [2.75, 3.05) is 19.8 Å². The summed E-state index contributed by atoms with van der Waals surface area (Å²) in [6, 6.07) is 0. The van der Waals surface area contributed by atoms with E-state index in [9.17, 15) is 14.4 Å². The van der Waals surface area contributed by atoms with Crippen molar-refractivity contribution in [2.45, 2.75) is 6.29 Å². The number of carbonyl (C=O) groups is 3. The first kappa shape index (κ1) is 13.2. The zero-order valence-corrected chi connectivity index (χ0v) is 10.8. The Balaban J connectivity index is 1.88. The molecule has 0 aliphatic carbocycles. The van der Waals surface area contributed by atoms with Gasteiger partial charge >= 0.3 is 5.97 Å². The van der Waals surface area contributed by atoms with Gasteiger partial charge in [0, 0.05) is 6.08 Å². The van der Waals surface area contributed by atoms with Crippen LogP contribution in [0.5, 0.6) is 0 Å². The van der Waals surface area contributed by atoms with Gasteiger partial charge in [-0.1, -0.05) is 0 Å². The van der Waals surface area contributed by atoms with Gasteiger partial charge in [-0.3, -0.25) is 19.3 Å². The molecule has 0 saturated carbocycles. The summed E-state index contributed by atoms with van der Waals surface area (Å²) < 4.78 is 10.5. The van der Waals surface area contributed by atoms with Crippen LogP contribution in [0.25, 0.3) is 0 Å². The van der Waals surface area contributed by atoms with Gasteiger partial charge in [-0.15, -0.1) is 0 Å². The van der Waals surface area contributed by atoms with Crippen molar-refractivity contribution in [3.8, 4) is 0 Å². The largest absolute Gasteiger partial charge is 0.481 e. The lowest BCUT2D eigenvalue weighted by Gasteiger charge is -2.29. The molecule has 0 aromatic heterocycles. The third kappa shape index (κ3) is 2.60. The van der Waals surface area contributed by atoms with E-state index < -0.39 is 30.0 Å². The summed E-state index contributed by atoms with van der Waals surface area (Å²) in [7, 11) is 0. The molecule has 0 spiro atoms. The van der Waals surface area contributed by atoms with Crippen LogP contribution in [0, 0.1) is 5.92 Å². The minimum Gasteiger partial charge on any atom is -0.481 e. The SMILES string of the molecule is O=C(O)C1COC(CN2C(=O)C=C(Br)C2=O)OC1. The van der Waals surface area contributed by atoms with Gasteiger partial charge in [0.25, 0.3) is 11.8 Å². The first-order valence-electron chi connectivity index (χ1n) is 5.18. The topological polar surface area (TPSA) is 93.1 Å². The molecule has 0 aromatic carbocycles. The summed E-state index contributed by atoms with van der Waals surface area (Å²) in [4.78, 5) is 34.6. The van der Waals surface area contributed by atoms with Crippen LogP contribution in [-0.4, -0.2) is 53.8 Å². The van der Waals surface area contributed by atoms with E-state index in [-0.39, 0.29) is 24.2 Å². The van der Waals surface area contributed by atoms with E-state index in [2.05, 4.69) is 15.9 Å². The smallest absolute Gasteiger partial charge is 0.311 e. The summed E-state index contributed by atoms with van der Waals surface area (Å²) in [6.45, 7) is -0.0365. The molecule has 0 aromatic rings. The number of carbonyl (C=O) groups excluding carboxylic acids is 2. The Morgan fingerprint density at radius 1 is 1.44 bits per heavy atom. The Bertz CT molecular complexity index is 426. The Morgan fingerprint density at radius 3 is 2.50 bits per heavy atom. The normalized spacial score (nSPS) is 28.5. The van der Waals surface area contributed by atoms with Crippen molar-refractivity contribution in [3.05, 3.63) is 10.6 Å². The number of ether oxygens (including phenoxy) is 2. The Hall–Kier alpha value is -1.25. The van der Waals surface area contributed by atoms with E-state index in [0.29, 0.717) is 0 Å². The average Bonchev–Trinajstić information content (AvgIpc) is 2.57. The van der Waals surface area contributed by atoms with Crippen molar-refractivity contribution >= 4 is 33.7 Å². The van der Waals surface area contributed by atoms with Gasteiger partial charge in [0.2, 0.25) is 0 Å². The number of hydrogen-bond acceptors (Lipinski definition) is 5. The van der Waals surface area contributed by atoms with Crippen molar-refractivity contribution < 1.29 is 29.0 Å². The quantitative estimate of drug-likeness (QED) is 0.718. The Labute approximate surface area is 110 Å². The molecule has 18 heavy (non-hydrogen) atoms. The number of halogens is 1. The fourth-order valence-corrected chi connectivity index (χ4v) is 2.00. The predicted molar refractivity (Wildman–Crippen MR) is 60.5 cm³/mol. The van der Waals surface area contributed by atoms with Crippen LogP contribution in [0.2, 0.25) is 0 Å². The van der Waals surface area contributed by atoms with Crippen molar-refractivity contribution in [3.63, 3.8) is 0 Å². The summed E-state index contributed by atoms with van der Waals surface area (Å²) in [5.74, 6) is -2.60. The number of carboxylic acids is 1. The van der Waals surface area contributed by atoms with Crippen molar-refractivity contribution in [2.24, 2.45) is 5.92 Å². The summed E-state index contributed by atoms with van der Waals surface area (Å²) >= 11 is 2.97. The van der Waals surface area contributed by atoms with Gasteiger partial charge in [0.05, 0.1) is 24.2 Å². The molecular weight excluding hydrogens is 310 g/mol. The van der Waals surface area contributed by atoms with Gasteiger partial charge < -0.3 is 14.6 Å². The molecule has 2 rings (SSSR count). The van der Waals surface area contributed by atoms with Crippen molar-refractivity contribution in [1.82, 2.24) is 4.90 Å². The number of nitrogens with zero attached hydrogens (tertiary/aromatic N) is 1. The third-order valence-corrected chi connectivity index (χ3v) is 3.18. The number of hydrogen-bond donors (Lipinski definition) is 1. The second kappa shape index (κ2) is 5.17. The van der Waals surface area contributed by atoms with E-state index in [4.69, 9.17) is 14.6 Å². The number of carboxylic acid groups (broad SMARTS) is 1. The molecule has 7 nitrogen and oxygen atoms in total. The van der Waals surface area contributed by atoms with Crippen LogP contribution >= 0.6 is 15.9 Å². The number of aliphatic carboxylic acids is 1. The molecule has 0 bridgehead atoms. The molecule has 1 N–H and O–H groups in total. The second-order valence-corrected chi connectivity index (χ2v) is 4.73. The standard InChI is InChI=1S/C10H10BrNO6/c11-6-1-7(13)12(9(6)14)2-8-17-3-5(4-18-8)10(15)16/h1,5,8H,2-4H2,(H,15,16). The predicted octanol–water partition coefficient (Wildman–Crippen LogP) is -0.292. The maximum absolute atomic E-state index is 11.5. The minimum absolute atomic E-state index is 0.00478. The molecule has 8 heteroatoms. The van der Waals surface area contributed by atoms with Crippen molar-refractivity contribution in [1.29, 1.82) is 0 Å². The fourth-order valence-electron chi connectivity index (χ4n) is 1.59. The van der Waals surface area contributed by atoms with Gasteiger partial charge in [-0.05, 0) is 15.9 Å². The highest BCUT2D eigenvalue weighted by atomic mass is 79.9. The average molecular weight is 320 g/mol. The zero-order chi connectivity index (χ0) is 13.3. The highest BCUT2D eigenvalue weighted by Gasteiger charge is 2.34. The molecule has 1 fully saturated rings. The van der Waals surface area contributed by atoms with Crippen LogP contribution in [0.15, 0.2) is 10.6 Å². The van der Waals surface area contributed by atoms with Gasteiger partial charge in [-0.25, -0.2) is 0 Å². The minimum atomic E-state index is -0.994. The molecule has 98 valence electrons. The number of amides is 2. The number of imide groups is 1. The number of rotatable bonds is 3. The molecule has 0 radical (unpaired) electrons. The lowest BCUT2D eigenvalue weighted by atomic mass is 10.2. The summed E-state index contributed by atoms with van der Waals surface area (Å²) in [5.41, 5.74) is 0. The highest BCUT2D eigenvalue weighted by molar-refractivity contribution is 9.12. The third-order valence-electron chi connectivity index (χ3n) is 2.61. The van der Waals surface area contributed by atoms with E-state index in [1.54, 1.807) is 0 Å². The Morgan fingerprint density at radius 2 is 2.06 bits per heavy atom. The zero-order valence-electron chi connectivity index (χ0n) is 9.17. The maximum atomic E-state index is 11.5. The molecule has 2 aliphatic heterocycles. The van der Waals surface area contributed by atoms with Gasteiger partial charge in [-0.2, -0.15) is 0 Å². The summed E-state index contributed by atoms with van der Waals surface area (Å²) in [5, 5.41) is 8.73. The molecule has 0 unspecified atom stereocenters. The lowest BCUT2D eigenvalue weighted by molar-refractivity contribution is -0.212. The monoisotopic (exact) mass is 319 g/mol. The Kier molecular flexibility index (Phi) is 3.79. The van der Waals surface area contributed by atoms with Crippen LogP contribution in [0.1, 0.15) is 0 Å². The fraction of sp³-hybridized carbons (Fsp3) is 0.500. The second-order valence-electron chi connectivity index (χ2n) is 3.88. The van der Waals surface area contributed by atoms with E-state index >= 15 is 0 Å².